The highest BCUT2D eigenvalue weighted by molar-refractivity contribution is 5.81. The SMILES string of the molecule is C=CC(=O)OCCOCCOCCCC1CC(C)C2CCCC12. The molecule has 2 fully saturated rings. The summed E-state index contributed by atoms with van der Waals surface area (Å²) in [6.45, 7) is 8.46. The summed E-state index contributed by atoms with van der Waals surface area (Å²) in [6, 6.07) is 0. The molecule has 2 aliphatic carbocycles. The molecule has 132 valence electrons. The summed E-state index contributed by atoms with van der Waals surface area (Å²) in [6.07, 6.45) is 9.46. The van der Waals surface area contributed by atoms with Gasteiger partial charge >= 0.3 is 5.97 Å². The molecule has 4 atom stereocenters. The zero-order valence-corrected chi connectivity index (χ0v) is 14.5. The number of carbonyl (C=O) groups excluding carboxylic acids is 1. The molecule has 4 unspecified atom stereocenters. The van der Waals surface area contributed by atoms with Crippen LogP contribution in [0.15, 0.2) is 12.7 Å². The van der Waals surface area contributed by atoms with Gasteiger partial charge in [0.1, 0.15) is 6.61 Å². The molecular weight excluding hydrogens is 292 g/mol. The number of hydrogen-bond donors (Lipinski definition) is 0. The maximum Gasteiger partial charge on any atom is 0.330 e. The van der Waals surface area contributed by atoms with Crippen molar-refractivity contribution in [2.75, 3.05) is 33.0 Å². The van der Waals surface area contributed by atoms with Crippen molar-refractivity contribution in [3.63, 3.8) is 0 Å². The van der Waals surface area contributed by atoms with E-state index in [0.717, 1.165) is 42.8 Å². The van der Waals surface area contributed by atoms with E-state index in [-0.39, 0.29) is 6.61 Å². The molecule has 4 nitrogen and oxygen atoms in total. The number of fused-ring (bicyclic) bond motifs is 1. The summed E-state index contributed by atoms with van der Waals surface area (Å²) < 4.78 is 15.8. The molecule has 0 N–H and O–H groups in total. The van der Waals surface area contributed by atoms with E-state index in [1.807, 2.05) is 0 Å². The Kier molecular flexibility index (Phi) is 8.10. The van der Waals surface area contributed by atoms with Crippen LogP contribution in [0.4, 0.5) is 0 Å². The van der Waals surface area contributed by atoms with Crippen molar-refractivity contribution in [1.29, 1.82) is 0 Å². The summed E-state index contributed by atoms with van der Waals surface area (Å²) in [7, 11) is 0. The van der Waals surface area contributed by atoms with Gasteiger partial charge in [-0.15, -0.1) is 0 Å². The van der Waals surface area contributed by atoms with Crippen LogP contribution >= 0.6 is 0 Å². The third-order valence-electron chi connectivity index (χ3n) is 5.51. The highest BCUT2D eigenvalue weighted by Gasteiger charge is 2.42. The van der Waals surface area contributed by atoms with E-state index < -0.39 is 5.97 Å². The summed E-state index contributed by atoms with van der Waals surface area (Å²) in [4.78, 5) is 10.8. The highest BCUT2D eigenvalue weighted by atomic mass is 16.6. The molecule has 0 aromatic heterocycles. The van der Waals surface area contributed by atoms with E-state index in [4.69, 9.17) is 14.2 Å². The Morgan fingerprint density at radius 1 is 1.09 bits per heavy atom. The van der Waals surface area contributed by atoms with Crippen LogP contribution in [0.1, 0.15) is 45.4 Å². The average molecular weight is 324 g/mol. The summed E-state index contributed by atoms with van der Waals surface area (Å²) >= 11 is 0. The second-order valence-electron chi connectivity index (χ2n) is 6.97. The molecule has 2 aliphatic rings. The lowest BCUT2D eigenvalue weighted by Gasteiger charge is -2.18. The first-order valence-corrected chi connectivity index (χ1v) is 9.17. The Balaban J connectivity index is 1.40. The second-order valence-corrected chi connectivity index (χ2v) is 6.97. The first-order valence-electron chi connectivity index (χ1n) is 9.17. The van der Waals surface area contributed by atoms with Gasteiger partial charge in [0.25, 0.3) is 0 Å². The third kappa shape index (κ3) is 5.92. The highest BCUT2D eigenvalue weighted by Crippen LogP contribution is 2.52. The molecule has 23 heavy (non-hydrogen) atoms. The predicted molar refractivity (Wildman–Crippen MR) is 90.1 cm³/mol. The molecule has 0 amide bonds. The Morgan fingerprint density at radius 3 is 2.57 bits per heavy atom. The van der Waals surface area contributed by atoms with Crippen LogP contribution in [0, 0.1) is 23.7 Å². The van der Waals surface area contributed by atoms with E-state index >= 15 is 0 Å². The summed E-state index contributed by atoms with van der Waals surface area (Å²) in [5.41, 5.74) is 0. The second kappa shape index (κ2) is 10.1. The predicted octanol–water partition coefficient (Wildman–Crippen LogP) is 3.60. The molecule has 2 rings (SSSR count). The van der Waals surface area contributed by atoms with E-state index in [0.29, 0.717) is 19.8 Å². The molecule has 0 bridgehead atoms. The quantitative estimate of drug-likeness (QED) is 0.331. The first-order chi connectivity index (χ1) is 11.2. The lowest BCUT2D eigenvalue weighted by atomic mass is 9.88. The first kappa shape index (κ1) is 18.5. The van der Waals surface area contributed by atoms with Crippen LogP contribution in [-0.4, -0.2) is 39.0 Å². The van der Waals surface area contributed by atoms with Crippen LogP contribution in [0.5, 0.6) is 0 Å². The maximum atomic E-state index is 10.8. The minimum absolute atomic E-state index is 0.271. The van der Waals surface area contributed by atoms with Gasteiger partial charge in [0, 0.05) is 12.7 Å². The largest absolute Gasteiger partial charge is 0.460 e. The zero-order valence-electron chi connectivity index (χ0n) is 14.5. The number of ether oxygens (including phenoxy) is 3. The van der Waals surface area contributed by atoms with Crippen molar-refractivity contribution < 1.29 is 19.0 Å². The monoisotopic (exact) mass is 324 g/mol. The van der Waals surface area contributed by atoms with Gasteiger partial charge in [0.2, 0.25) is 0 Å². The van der Waals surface area contributed by atoms with Crippen molar-refractivity contribution >= 4 is 5.97 Å². The molecule has 0 aliphatic heterocycles. The molecule has 0 aromatic rings. The van der Waals surface area contributed by atoms with Crippen molar-refractivity contribution in [2.45, 2.75) is 45.4 Å². The fourth-order valence-corrected chi connectivity index (χ4v) is 4.50. The van der Waals surface area contributed by atoms with Gasteiger partial charge in [-0.2, -0.15) is 0 Å². The Labute approximate surface area is 140 Å². The van der Waals surface area contributed by atoms with Crippen LogP contribution in [0.2, 0.25) is 0 Å². The van der Waals surface area contributed by atoms with Crippen molar-refractivity contribution in [3.05, 3.63) is 12.7 Å². The number of hydrogen-bond acceptors (Lipinski definition) is 4. The smallest absolute Gasteiger partial charge is 0.330 e. The normalized spacial score (nSPS) is 29.4. The number of esters is 1. The fraction of sp³-hybridized carbons (Fsp3) is 0.842. The molecule has 0 heterocycles. The topological polar surface area (TPSA) is 44.8 Å². The van der Waals surface area contributed by atoms with Gasteiger partial charge in [-0.1, -0.05) is 19.9 Å². The van der Waals surface area contributed by atoms with E-state index in [9.17, 15) is 4.79 Å². The van der Waals surface area contributed by atoms with Crippen LogP contribution in [0.3, 0.4) is 0 Å². The van der Waals surface area contributed by atoms with Gasteiger partial charge in [0.05, 0.1) is 19.8 Å². The van der Waals surface area contributed by atoms with Gasteiger partial charge < -0.3 is 14.2 Å². The molecular formula is C19H32O4. The Bertz CT molecular complexity index is 368. The van der Waals surface area contributed by atoms with Gasteiger partial charge in [-0.05, 0) is 55.8 Å². The molecule has 0 radical (unpaired) electrons. The lowest BCUT2D eigenvalue weighted by molar-refractivity contribution is -0.139. The standard InChI is InChI=1S/C19H32O4/c1-3-19(20)23-13-12-22-11-10-21-9-5-6-16-14-15(2)17-7-4-8-18(16)17/h3,15-18H,1,4-14H2,2H3. The van der Waals surface area contributed by atoms with Crippen LogP contribution < -0.4 is 0 Å². The zero-order chi connectivity index (χ0) is 16.5. The van der Waals surface area contributed by atoms with Gasteiger partial charge in [0.15, 0.2) is 0 Å². The van der Waals surface area contributed by atoms with Crippen molar-refractivity contribution in [1.82, 2.24) is 0 Å². The Morgan fingerprint density at radius 2 is 1.78 bits per heavy atom. The van der Waals surface area contributed by atoms with Crippen LogP contribution in [0.25, 0.3) is 0 Å². The summed E-state index contributed by atoms with van der Waals surface area (Å²) in [5.74, 6) is 3.50. The Hall–Kier alpha value is -0.870. The average Bonchev–Trinajstić information content (AvgIpc) is 3.14. The van der Waals surface area contributed by atoms with Gasteiger partial charge in [-0.25, -0.2) is 4.79 Å². The van der Waals surface area contributed by atoms with E-state index in [1.165, 1.54) is 32.1 Å². The number of carbonyl (C=O) groups is 1. The third-order valence-corrected chi connectivity index (χ3v) is 5.51. The van der Waals surface area contributed by atoms with Crippen molar-refractivity contribution in [3.8, 4) is 0 Å². The van der Waals surface area contributed by atoms with Gasteiger partial charge in [-0.3, -0.25) is 0 Å². The minimum Gasteiger partial charge on any atom is -0.460 e. The maximum absolute atomic E-state index is 10.8. The fourth-order valence-electron chi connectivity index (χ4n) is 4.50. The molecule has 0 aromatic carbocycles. The van der Waals surface area contributed by atoms with E-state index in [2.05, 4.69) is 13.5 Å². The molecule has 4 heteroatoms. The minimum atomic E-state index is -0.407. The van der Waals surface area contributed by atoms with Crippen molar-refractivity contribution in [2.24, 2.45) is 23.7 Å². The van der Waals surface area contributed by atoms with E-state index in [1.54, 1.807) is 0 Å². The molecule has 0 saturated heterocycles. The lowest BCUT2D eigenvalue weighted by Crippen LogP contribution is -2.13. The molecule has 0 spiro atoms. The number of rotatable bonds is 11. The summed E-state index contributed by atoms with van der Waals surface area (Å²) in [5, 5.41) is 0. The van der Waals surface area contributed by atoms with Crippen LogP contribution in [-0.2, 0) is 19.0 Å². The molecule has 2 saturated carbocycles.